The molecular weight excluding hydrogens is 311 g/mol. The maximum Gasteiger partial charge on any atom is 0.261 e. The zero-order chi connectivity index (χ0) is 15.4. The lowest BCUT2D eigenvalue weighted by Crippen LogP contribution is -2.24. The van der Waals surface area contributed by atoms with Crippen LogP contribution in [0.25, 0.3) is 0 Å². The third kappa shape index (κ3) is 4.06. The minimum absolute atomic E-state index is 0.104. The van der Waals surface area contributed by atoms with Gasteiger partial charge in [-0.15, -0.1) is 0 Å². The summed E-state index contributed by atoms with van der Waals surface area (Å²) in [6, 6.07) is 7.04. The van der Waals surface area contributed by atoms with E-state index in [4.69, 9.17) is 23.2 Å². The molecule has 2 aromatic rings. The molecule has 0 saturated heterocycles. The van der Waals surface area contributed by atoms with E-state index in [1.165, 1.54) is 6.21 Å². The second kappa shape index (κ2) is 6.74. The van der Waals surface area contributed by atoms with Gasteiger partial charge < -0.3 is 0 Å². The van der Waals surface area contributed by atoms with Crippen molar-refractivity contribution in [3.63, 3.8) is 0 Å². The highest BCUT2D eigenvalue weighted by Crippen LogP contribution is 2.21. The van der Waals surface area contributed by atoms with E-state index in [2.05, 4.69) is 15.6 Å². The molecule has 0 aliphatic carbocycles. The van der Waals surface area contributed by atoms with Gasteiger partial charge in [0.05, 0.1) is 22.0 Å². The van der Waals surface area contributed by atoms with Crippen LogP contribution in [-0.4, -0.2) is 21.9 Å². The normalized spacial score (nSPS) is 11.0. The van der Waals surface area contributed by atoms with E-state index in [-0.39, 0.29) is 12.5 Å². The van der Waals surface area contributed by atoms with Gasteiger partial charge in [-0.2, -0.15) is 10.2 Å². The zero-order valence-corrected chi connectivity index (χ0v) is 13.1. The second-order valence-electron chi connectivity index (χ2n) is 4.51. The minimum atomic E-state index is -0.277. The number of hydrogen-bond donors (Lipinski definition) is 1. The largest absolute Gasteiger partial charge is 0.271 e. The van der Waals surface area contributed by atoms with Crippen LogP contribution in [0.15, 0.2) is 29.4 Å². The third-order valence-corrected chi connectivity index (χ3v) is 3.44. The Labute approximate surface area is 132 Å². The maximum atomic E-state index is 11.8. The molecule has 0 aliphatic rings. The van der Waals surface area contributed by atoms with E-state index < -0.39 is 0 Å². The van der Waals surface area contributed by atoms with Crippen molar-refractivity contribution in [2.45, 2.75) is 20.4 Å². The fourth-order valence-corrected chi connectivity index (χ4v) is 2.30. The Balaban J connectivity index is 1.98. The van der Waals surface area contributed by atoms with Crippen molar-refractivity contribution in [1.82, 2.24) is 15.2 Å². The smallest absolute Gasteiger partial charge is 0.261 e. The average Bonchev–Trinajstić information content (AvgIpc) is 2.71. The second-order valence-corrected chi connectivity index (χ2v) is 5.33. The molecule has 0 spiro atoms. The lowest BCUT2D eigenvalue weighted by molar-refractivity contribution is -0.121. The van der Waals surface area contributed by atoms with Gasteiger partial charge in [-0.1, -0.05) is 29.3 Å². The first kappa shape index (κ1) is 15.5. The van der Waals surface area contributed by atoms with Gasteiger partial charge in [0.25, 0.3) is 5.91 Å². The fourth-order valence-electron chi connectivity index (χ4n) is 1.81. The summed E-state index contributed by atoms with van der Waals surface area (Å²) in [5.41, 5.74) is 4.77. The molecule has 1 N–H and O–H groups in total. The molecule has 110 valence electrons. The van der Waals surface area contributed by atoms with Crippen LogP contribution in [0.3, 0.4) is 0 Å². The van der Waals surface area contributed by atoms with Crippen molar-refractivity contribution in [2.24, 2.45) is 5.10 Å². The summed E-state index contributed by atoms with van der Waals surface area (Å²) in [7, 11) is 0. The van der Waals surface area contributed by atoms with Gasteiger partial charge in [-0.25, -0.2) is 5.43 Å². The maximum absolute atomic E-state index is 11.8. The van der Waals surface area contributed by atoms with Crippen LogP contribution in [0.1, 0.15) is 17.0 Å². The number of aryl methyl sites for hydroxylation is 2. The number of carbonyl (C=O) groups is 1. The summed E-state index contributed by atoms with van der Waals surface area (Å²) in [4.78, 5) is 11.8. The van der Waals surface area contributed by atoms with E-state index in [1.807, 2.05) is 19.9 Å². The van der Waals surface area contributed by atoms with Crippen LogP contribution in [0.4, 0.5) is 0 Å². The highest BCUT2D eigenvalue weighted by Gasteiger charge is 2.06. The SMILES string of the molecule is Cc1cc(C)n(CC(=O)N/N=C/c2c(Cl)cccc2Cl)n1. The average molecular weight is 325 g/mol. The number of benzene rings is 1. The van der Waals surface area contributed by atoms with Gasteiger partial charge >= 0.3 is 0 Å². The number of nitrogens with one attached hydrogen (secondary N) is 1. The number of rotatable bonds is 4. The Kier molecular flexibility index (Phi) is 4.98. The van der Waals surface area contributed by atoms with Gasteiger partial charge in [0, 0.05) is 11.3 Å². The van der Waals surface area contributed by atoms with E-state index in [9.17, 15) is 4.79 Å². The van der Waals surface area contributed by atoms with Crippen LogP contribution in [0.5, 0.6) is 0 Å². The lowest BCUT2D eigenvalue weighted by Gasteiger charge is -2.03. The van der Waals surface area contributed by atoms with Crippen molar-refractivity contribution >= 4 is 35.3 Å². The van der Waals surface area contributed by atoms with Gasteiger partial charge in [0.1, 0.15) is 6.54 Å². The van der Waals surface area contributed by atoms with Crippen LogP contribution in [0, 0.1) is 13.8 Å². The first-order valence-electron chi connectivity index (χ1n) is 6.24. The van der Waals surface area contributed by atoms with Crippen molar-refractivity contribution in [1.29, 1.82) is 0 Å². The molecule has 7 heteroatoms. The summed E-state index contributed by atoms with van der Waals surface area (Å²) >= 11 is 12.0. The molecule has 5 nitrogen and oxygen atoms in total. The molecule has 1 aromatic heterocycles. The van der Waals surface area contributed by atoms with Crippen LogP contribution >= 0.6 is 23.2 Å². The van der Waals surface area contributed by atoms with Crippen molar-refractivity contribution in [3.05, 3.63) is 51.3 Å². The zero-order valence-electron chi connectivity index (χ0n) is 11.6. The van der Waals surface area contributed by atoms with E-state index in [0.29, 0.717) is 15.6 Å². The third-order valence-electron chi connectivity index (χ3n) is 2.78. The Morgan fingerprint density at radius 1 is 1.38 bits per heavy atom. The first-order valence-corrected chi connectivity index (χ1v) is 7.00. The van der Waals surface area contributed by atoms with Crippen molar-refractivity contribution in [2.75, 3.05) is 0 Å². The van der Waals surface area contributed by atoms with Crippen LogP contribution < -0.4 is 5.43 Å². The number of nitrogens with zero attached hydrogens (tertiary/aromatic N) is 3. The summed E-state index contributed by atoms with van der Waals surface area (Å²) in [6.07, 6.45) is 1.42. The molecule has 0 atom stereocenters. The number of halogens is 2. The molecule has 0 fully saturated rings. The molecule has 1 heterocycles. The topological polar surface area (TPSA) is 59.3 Å². The predicted octanol–water partition coefficient (Wildman–Crippen LogP) is 2.96. The molecule has 2 rings (SSSR count). The number of aromatic nitrogens is 2. The molecule has 1 amide bonds. The molecule has 0 unspecified atom stereocenters. The molecule has 21 heavy (non-hydrogen) atoms. The predicted molar refractivity (Wildman–Crippen MR) is 83.9 cm³/mol. The number of carbonyl (C=O) groups excluding carboxylic acids is 1. The van der Waals surface area contributed by atoms with Gasteiger partial charge in [0.15, 0.2) is 0 Å². The minimum Gasteiger partial charge on any atom is -0.271 e. The highest BCUT2D eigenvalue weighted by molar-refractivity contribution is 6.38. The van der Waals surface area contributed by atoms with E-state index in [1.54, 1.807) is 22.9 Å². The molecule has 0 radical (unpaired) electrons. The van der Waals surface area contributed by atoms with E-state index in [0.717, 1.165) is 11.4 Å². The Hall–Kier alpha value is -1.85. The summed E-state index contributed by atoms with van der Waals surface area (Å²) in [5, 5.41) is 9.01. The first-order chi connectivity index (χ1) is 9.97. The van der Waals surface area contributed by atoms with Gasteiger partial charge in [-0.3, -0.25) is 9.48 Å². The van der Waals surface area contributed by atoms with Gasteiger partial charge in [0.2, 0.25) is 0 Å². The Morgan fingerprint density at radius 3 is 2.62 bits per heavy atom. The Morgan fingerprint density at radius 2 is 2.05 bits per heavy atom. The van der Waals surface area contributed by atoms with Crippen LogP contribution in [0.2, 0.25) is 10.0 Å². The summed E-state index contributed by atoms with van der Waals surface area (Å²) in [6.45, 7) is 3.87. The van der Waals surface area contributed by atoms with Crippen LogP contribution in [-0.2, 0) is 11.3 Å². The van der Waals surface area contributed by atoms with E-state index >= 15 is 0 Å². The molecular formula is C14H14Cl2N4O. The number of hydrazone groups is 1. The number of amides is 1. The molecule has 0 saturated carbocycles. The summed E-state index contributed by atoms with van der Waals surface area (Å²) in [5.74, 6) is -0.277. The standard InChI is InChI=1S/C14H14Cl2N4O/c1-9-6-10(2)20(19-9)8-14(21)18-17-7-11-12(15)4-3-5-13(11)16/h3-7H,8H2,1-2H3,(H,18,21)/b17-7+. The fraction of sp³-hybridized carbons (Fsp3) is 0.214. The van der Waals surface area contributed by atoms with Gasteiger partial charge in [-0.05, 0) is 32.0 Å². The monoisotopic (exact) mass is 324 g/mol. The lowest BCUT2D eigenvalue weighted by atomic mass is 10.2. The Bertz CT molecular complexity index is 674. The molecule has 0 bridgehead atoms. The van der Waals surface area contributed by atoms with Crippen molar-refractivity contribution in [3.8, 4) is 0 Å². The summed E-state index contributed by atoms with van der Waals surface area (Å²) < 4.78 is 1.61. The molecule has 1 aromatic carbocycles. The quantitative estimate of drug-likeness (QED) is 0.694. The molecule has 0 aliphatic heterocycles. The highest BCUT2D eigenvalue weighted by atomic mass is 35.5. The number of hydrogen-bond acceptors (Lipinski definition) is 3. The van der Waals surface area contributed by atoms with Crippen molar-refractivity contribution < 1.29 is 4.79 Å².